The van der Waals surface area contributed by atoms with Gasteiger partial charge in [-0.1, -0.05) is 65.6 Å². The van der Waals surface area contributed by atoms with Gasteiger partial charge < -0.3 is 5.73 Å². The molecule has 0 unspecified atom stereocenters. The lowest BCUT2D eigenvalue weighted by Crippen LogP contribution is -2.17. The van der Waals surface area contributed by atoms with Gasteiger partial charge in [0.25, 0.3) is 20.0 Å². The number of anilines is 3. The molecule has 70 heavy (non-hydrogen) atoms. The Hall–Kier alpha value is -6.53. The average Bonchev–Trinajstić information content (AvgIpc) is 1.44. The summed E-state index contributed by atoms with van der Waals surface area (Å²) in [7, 11) is -11.1. The number of hydrogen-bond donors (Lipinski definition) is 3. The predicted octanol–water partition coefficient (Wildman–Crippen LogP) is 11.8. The number of sulfonamides is 2. The number of hydrogen-bond acceptors (Lipinski definition) is 13. The first-order chi connectivity index (χ1) is 40.4. The fourth-order valence-corrected chi connectivity index (χ4v) is 9.93. The topological polar surface area (TPSA) is 196 Å². The van der Waals surface area contributed by atoms with E-state index < -0.39 is 206 Å². The molecule has 0 fully saturated rings. The normalized spacial score (nSPS) is 15.9. The molecule has 8 aromatic rings. The Balaban J connectivity index is 0.000000251. The molecular formula is C46H38ClF6N9O4S4. The molecule has 4 heterocycles. The van der Waals surface area contributed by atoms with Crippen LogP contribution in [0.4, 0.5) is 43.7 Å². The molecule has 0 saturated carbocycles. The van der Waals surface area contributed by atoms with Crippen molar-refractivity contribution in [1.82, 2.24) is 29.9 Å². The number of nitrogens with two attached hydrogens (primary N) is 1. The molecule has 0 bridgehead atoms. The van der Waals surface area contributed by atoms with E-state index in [1.807, 2.05) is 0 Å². The molecule has 0 aliphatic carbocycles. The fourth-order valence-electron chi connectivity index (χ4n) is 5.54. The first-order valence-electron chi connectivity index (χ1n) is 28.1. The largest absolute Gasteiger partial charge is 0.368 e. The second-order valence-corrected chi connectivity index (χ2v) is 20.6. The van der Waals surface area contributed by atoms with Gasteiger partial charge in [0.05, 0.1) is 73.1 Å². The van der Waals surface area contributed by atoms with Gasteiger partial charge in [0.2, 0.25) is 11.2 Å². The molecule has 0 amide bonds. The van der Waals surface area contributed by atoms with E-state index in [1.54, 1.807) is 13.8 Å². The van der Waals surface area contributed by atoms with Gasteiger partial charge in [0.1, 0.15) is 23.3 Å². The highest BCUT2D eigenvalue weighted by Crippen LogP contribution is 2.44. The zero-order chi connectivity index (χ0) is 66.5. The lowest BCUT2D eigenvalue weighted by atomic mass is 9.98. The predicted molar refractivity (Wildman–Crippen MR) is 258 cm³/mol. The minimum Gasteiger partial charge on any atom is -0.368 e. The second-order valence-electron chi connectivity index (χ2n) is 15.0. The minimum atomic E-state index is -5.58. The summed E-state index contributed by atoms with van der Waals surface area (Å²) in [5.41, 5.74) is -2.78. The lowest BCUT2D eigenvalue weighted by Gasteiger charge is -2.14. The van der Waals surface area contributed by atoms with E-state index in [2.05, 4.69) is 29.9 Å². The smallest absolute Gasteiger partial charge is 0.267 e. The number of benzene rings is 4. The number of nitrogens with zero attached hydrogens (tertiary/aromatic N) is 6. The molecule has 0 saturated heterocycles. The van der Waals surface area contributed by atoms with Crippen LogP contribution < -0.4 is 15.2 Å². The molecular weight excluding hydrogens is 1020 g/mol. The Labute approximate surface area is 436 Å². The Kier molecular flexibility index (Phi) is 9.11. The molecule has 0 atom stereocenters. The molecule has 4 N–H and O–H groups in total. The monoisotopic (exact) mass is 1080 g/mol. The van der Waals surface area contributed by atoms with Crippen LogP contribution in [0, 0.1) is 34.9 Å². The van der Waals surface area contributed by atoms with Crippen LogP contribution in [0.2, 0.25) is 5.28 Å². The maximum Gasteiger partial charge on any atom is 0.267 e. The van der Waals surface area contributed by atoms with Crippen molar-refractivity contribution >= 4 is 71.6 Å². The molecule has 4 aromatic carbocycles. The Bertz CT molecular complexity index is 4440. The summed E-state index contributed by atoms with van der Waals surface area (Å²) in [6.45, 7) is 2.96. The number of halogens is 7. The third-order valence-corrected chi connectivity index (χ3v) is 14.4. The highest BCUT2D eigenvalue weighted by Gasteiger charge is 2.31. The van der Waals surface area contributed by atoms with Gasteiger partial charge in [-0.15, -0.1) is 22.7 Å². The van der Waals surface area contributed by atoms with Gasteiger partial charge in [-0.05, 0) is 72.0 Å². The SMILES string of the molecule is [2H]CC(C)(C)c1nc(-c2c([2H])c([2H])c([2H])c(NS(=O)(=O)c3c(F)c([2H])c([2H])c([2H])c3F)c2F)c(-c2nc(Cl)nc([2H])c2[2H])s1.[2H]c1c([2H])c(F)c(S(=O)(=O)Nc2c([2H])c([2H])c([2H])c(-c3nc(C(C)(C)C([2H])([2H])[2H])sc3-c3ccnc(N)n3)c2F)c(F)c1[2H]. The van der Waals surface area contributed by atoms with Crippen LogP contribution in [0.25, 0.3) is 43.7 Å². The summed E-state index contributed by atoms with van der Waals surface area (Å²) < 4.78 is 289. The van der Waals surface area contributed by atoms with Crippen molar-refractivity contribution < 1.29 is 67.9 Å². The summed E-state index contributed by atoms with van der Waals surface area (Å²) >= 11 is 7.42. The summed E-state index contributed by atoms with van der Waals surface area (Å²) in [5, 5.41) is -0.437. The molecule has 0 spiro atoms. The molecule has 364 valence electrons. The zero-order valence-electron chi connectivity index (χ0n) is 53.5. The molecule has 4 aromatic heterocycles. The van der Waals surface area contributed by atoms with Crippen molar-refractivity contribution in [3.8, 4) is 43.7 Å². The van der Waals surface area contributed by atoms with Gasteiger partial charge in [-0.2, -0.15) is 0 Å². The Morgan fingerprint density at radius 3 is 1.54 bits per heavy atom. The van der Waals surface area contributed by atoms with Crippen molar-refractivity contribution in [3.63, 3.8) is 0 Å². The van der Waals surface area contributed by atoms with Crippen LogP contribution >= 0.6 is 34.3 Å². The van der Waals surface area contributed by atoms with E-state index in [0.29, 0.717) is 0 Å². The number of nitrogens with one attached hydrogen (secondary N) is 2. The minimum absolute atomic E-state index is 0.00872. The van der Waals surface area contributed by atoms with Crippen molar-refractivity contribution in [1.29, 1.82) is 0 Å². The molecule has 0 aliphatic rings. The zero-order valence-corrected chi connectivity index (χ0v) is 39.6. The van der Waals surface area contributed by atoms with Gasteiger partial charge in [-0.3, -0.25) is 9.44 Å². The molecule has 13 nitrogen and oxygen atoms in total. The number of aromatic nitrogens is 6. The summed E-state index contributed by atoms with van der Waals surface area (Å²) in [4.78, 5) is 19.8. The fraction of sp³-hybridized carbons (Fsp3) is 0.174. The standard InChI is InChI=1S/C23H18ClF3N4O2S2.C23H20F3N5O2S2/c1-23(2,3)21-30-18(19(34-21)16-10-11-28-22(24)29-16)12-6-4-9-15(17(12)27)31-35(32,33)20-13(25)7-5-8-14(20)26;1-23(2,3)21-30-18(19(34-21)16-10-11-28-22(27)29-16)12-6-4-9-15(17(12)26)31-35(32,33)20-13(24)7-5-8-14(20)25/h4-11,31H,1-3H3;4-11,31H,1-3H3,(H2,27,28,29)/i1D,4D,5D,6D,7D,8D,9D,10D,11D;1D3,4D,5D,6D,7D,8D,9D. The van der Waals surface area contributed by atoms with Gasteiger partial charge in [0.15, 0.2) is 21.4 Å². The van der Waals surface area contributed by atoms with E-state index >= 15 is 8.78 Å². The van der Waals surface area contributed by atoms with E-state index in [-0.39, 0.29) is 44.0 Å². The van der Waals surface area contributed by atoms with Crippen LogP contribution in [0.5, 0.6) is 0 Å². The third-order valence-electron chi connectivity index (χ3n) is 8.61. The highest BCUT2D eigenvalue weighted by molar-refractivity contribution is 7.93. The van der Waals surface area contributed by atoms with Crippen molar-refractivity contribution in [3.05, 3.63) is 147 Å². The highest BCUT2D eigenvalue weighted by atomic mass is 35.5. The molecule has 0 aliphatic heterocycles. The van der Waals surface area contributed by atoms with E-state index in [1.165, 1.54) is 35.6 Å². The molecule has 0 radical (unpaired) electrons. The van der Waals surface area contributed by atoms with Gasteiger partial charge in [-0.25, -0.2) is 73.1 Å². The maximum atomic E-state index is 16.3. The van der Waals surface area contributed by atoms with E-state index in [9.17, 15) is 34.4 Å². The van der Waals surface area contributed by atoms with Crippen molar-refractivity contribution in [2.75, 3.05) is 15.2 Å². The van der Waals surface area contributed by atoms with Gasteiger partial charge in [0, 0.05) is 39.8 Å². The van der Waals surface area contributed by atoms with Crippen LogP contribution in [-0.2, 0) is 30.9 Å². The third kappa shape index (κ3) is 10.9. The number of rotatable bonds is 10. The van der Waals surface area contributed by atoms with Crippen LogP contribution in [0.3, 0.4) is 0 Å². The van der Waals surface area contributed by atoms with E-state index in [0.717, 1.165) is 22.7 Å². The van der Waals surface area contributed by atoms with Crippen LogP contribution in [0.15, 0.2) is 107 Å². The average molecular weight is 1080 g/mol. The summed E-state index contributed by atoms with van der Waals surface area (Å²) in [5.74, 6) is -11.9. The van der Waals surface area contributed by atoms with Crippen molar-refractivity contribution in [2.45, 2.75) is 62.1 Å². The Morgan fingerprint density at radius 2 is 1.09 bits per heavy atom. The lowest BCUT2D eigenvalue weighted by molar-refractivity contribution is 0.519. The first-order valence-corrected chi connectivity index (χ1v) is 23.8. The van der Waals surface area contributed by atoms with Crippen molar-refractivity contribution in [2.24, 2.45) is 0 Å². The van der Waals surface area contributed by atoms with E-state index in [4.69, 9.17) is 42.0 Å². The Morgan fingerprint density at radius 1 is 0.629 bits per heavy atom. The summed E-state index contributed by atoms with van der Waals surface area (Å²) in [6.07, 6.45) is 0.594. The quantitative estimate of drug-likeness (QED) is 0.0871. The number of thiazole rings is 2. The molecule has 24 heteroatoms. The second kappa shape index (κ2) is 19.7. The number of nitrogen functional groups attached to an aromatic ring is 1. The van der Waals surface area contributed by atoms with Gasteiger partial charge >= 0.3 is 0 Å². The van der Waals surface area contributed by atoms with Crippen LogP contribution in [-0.4, -0.2) is 46.7 Å². The first kappa shape index (κ1) is 32.4. The van der Waals surface area contributed by atoms with Crippen LogP contribution in [0.1, 0.15) is 76.1 Å². The summed E-state index contributed by atoms with van der Waals surface area (Å²) in [6, 6.07) is -14.0. The maximum absolute atomic E-state index is 16.3. The molecule has 8 rings (SSSR count).